The first-order chi connectivity index (χ1) is 13.1. The second kappa shape index (κ2) is 8.94. The van der Waals surface area contributed by atoms with Gasteiger partial charge < -0.3 is 0 Å². The number of benzene rings is 2. The molecule has 0 radical (unpaired) electrons. The molecule has 0 aliphatic carbocycles. The summed E-state index contributed by atoms with van der Waals surface area (Å²) in [6.07, 6.45) is 0. The van der Waals surface area contributed by atoms with Gasteiger partial charge in [-0.3, -0.25) is 0 Å². The van der Waals surface area contributed by atoms with E-state index in [4.69, 9.17) is 9.99 Å². The number of aromatic hydroxyl groups is 1. The minimum absolute atomic E-state index is 0.0374. The molecule has 0 fully saturated rings. The molecule has 11 heteroatoms. The van der Waals surface area contributed by atoms with Gasteiger partial charge in [-0.1, -0.05) is 0 Å². The zero-order valence-corrected chi connectivity index (χ0v) is 16.9. The summed E-state index contributed by atoms with van der Waals surface area (Å²) in [6.45, 7) is 0.874. The van der Waals surface area contributed by atoms with Crippen molar-refractivity contribution in [2.75, 3.05) is 23.9 Å². The normalized spacial score (nSPS) is 12.7. The van der Waals surface area contributed by atoms with Crippen molar-refractivity contribution in [2.45, 2.75) is 6.92 Å². The van der Waals surface area contributed by atoms with Crippen molar-refractivity contribution in [2.24, 2.45) is 0 Å². The zero-order chi connectivity index (χ0) is 20.9. The van der Waals surface area contributed by atoms with Gasteiger partial charge in [0.05, 0.1) is 0 Å². The van der Waals surface area contributed by atoms with Gasteiger partial charge in [0.1, 0.15) is 0 Å². The van der Waals surface area contributed by atoms with Crippen LogP contribution in [0, 0.1) is 0 Å². The molecule has 2 rings (SSSR count). The summed E-state index contributed by atoms with van der Waals surface area (Å²) in [5, 5.41) is 20.5. The first-order valence-corrected chi connectivity index (χ1v) is 11.2. The second-order valence-electron chi connectivity index (χ2n) is 5.72. The molecule has 2 aromatic carbocycles. The Morgan fingerprint density at radius 3 is 2.39 bits per heavy atom. The van der Waals surface area contributed by atoms with Crippen LogP contribution in [0.25, 0.3) is 0 Å². The van der Waals surface area contributed by atoms with E-state index in [9.17, 15) is 22.5 Å². The molecule has 1 atom stereocenters. The number of hydrogen-bond acceptors (Lipinski definition) is 7. The fraction of sp³-hybridized carbons (Fsp3) is 0.176. The van der Waals surface area contributed by atoms with Crippen LogP contribution in [0.3, 0.4) is 0 Å². The zero-order valence-electron chi connectivity index (χ0n) is 15.0. The summed E-state index contributed by atoms with van der Waals surface area (Å²) in [4.78, 5) is 24.8. The number of nitrogens with zero attached hydrogens (tertiary/aromatic N) is 1. The number of nitrogens with one attached hydrogen (secondary N) is 1. The number of ether oxygens (including phenoxy) is 1. The maximum absolute atomic E-state index is 12.5. The standard InChI is InChI=1S/C17H19AsN2O8/c1-11(21)19-12-3-8-15(18(24,25)28-26)16(9-12)20(2)17(23)10-27-14-6-4-13(22)5-7-14/h3-9,22,26H,10H2,1-2H3,(H,19,21)(H,24,25). The fourth-order valence-electron chi connectivity index (χ4n) is 2.27. The van der Waals surface area contributed by atoms with Gasteiger partial charge in [-0.05, 0) is 0 Å². The number of carbonyl (C=O) groups excluding carboxylic acids is 2. The van der Waals surface area contributed by atoms with Crippen molar-refractivity contribution in [1.29, 1.82) is 0 Å². The molecule has 0 heterocycles. The van der Waals surface area contributed by atoms with Crippen molar-refractivity contribution in [3.05, 3.63) is 42.5 Å². The summed E-state index contributed by atoms with van der Waals surface area (Å²) in [6, 6.07) is 9.55. The van der Waals surface area contributed by atoms with Gasteiger partial charge in [0.2, 0.25) is 0 Å². The number of rotatable bonds is 7. The molecule has 1 unspecified atom stereocenters. The van der Waals surface area contributed by atoms with E-state index in [2.05, 4.69) is 9.19 Å². The van der Waals surface area contributed by atoms with Crippen LogP contribution in [0.2, 0.25) is 0 Å². The molecular weight excluding hydrogens is 435 g/mol. The van der Waals surface area contributed by atoms with Gasteiger partial charge in [-0.15, -0.1) is 0 Å². The van der Waals surface area contributed by atoms with E-state index in [1.807, 2.05) is 0 Å². The van der Waals surface area contributed by atoms with Crippen LogP contribution < -0.4 is 19.3 Å². The molecule has 4 N–H and O–H groups in total. The van der Waals surface area contributed by atoms with Crippen LogP contribution in [0.4, 0.5) is 11.4 Å². The van der Waals surface area contributed by atoms with Gasteiger partial charge >= 0.3 is 163 Å². The van der Waals surface area contributed by atoms with E-state index in [-0.39, 0.29) is 27.4 Å². The Kier molecular flexibility index (Phi) is 6.87. The number of phenolic OH excluding ortho intramolecular Hbond substituents is 1. The Morgan fingerprint density at radius 1 is 1.18 bits per heavy atom. The number of carbonyl (C=O) groups is 2. The average Bonchev–Trinajstić information content (AvgIpc) is 2.66. The Balaban J connectivity index is 2.28. The first kappa shape index (κ1) is 21.5. The number of hydrogen-bond donors (Lipinski definition) is 4. The number of phenols is 1. The molecule has 2 amide bonds. The molecule has 0 bridgehead atoms. The third-order valence-electron chi connectivity index (χ3n) is 3.65. The molecular formula is C17H19AsN2O8. The van der Waals surface area contributed by atoms with Crippen molar-refractivity contribution in [3.8, 4) is 11.5 Å². The van der Waals surface area contributed by atoms with E-state index in [0.717, 1.165) is 4.90 Å². The molecule has 0 saturated carbocycles. The van der Waals surface area contributed by atoms with Crippen molar-refractivity contribution in [3.63, 3.8) is 0 Å². The van der Waals surface area contributed by atoms with Gasteiger partial charge in [0, 0.05) is 0 Å². The molecule has 0 spiro atoms. The van der Waals surface area contributed by atoms with E-state index in [0.29, 0.717) is 5.75 Å². The van der Waals surface area contributed by atoms with Crippen LogP contribution in [0.1, 0.15) is 6.92 Å². The summed E-state index contributed by atoms with van der Waals surface area (Å²) in [5.41, 5.74) is 0.239. The summed E-state index contributed by atoms with van der Waals surface area (Å²) >= 11 is -5.31. The quantitative estimate of drug-likeness (QED) is 0.268. The summed E-state index contributed by atoms with van der Waals surface area (Å²) in [7, 11) is 1.34. The van der Waals surface area contributed by atoms with Crippen molar-refractivity contribution in [1.82, 2.24) is 0 Å². The van der Waals surface area contributed by atoms with Gasteiger partial charge in [-0.25, -0.2) is 0 Å². The number of amides is 2. The SMILES string of the molecule is CC(=O)Nc1ccc([As](=O)(O)OO)c(N(C)C(=O)COc2ccc(O)cc2)c1. The third-order valence-corrected chi connectivity index (χ3v) is 6.18. The van der Waals surface area contributed by atoms with E-state index >= 15 is 0 Å². The molecule has 0 saturated heterocycles. The van der Waals surface area contributed by atoms with E-state index in [1.165, 1.54) is 56.4 Å². The van der Waals surface area contributed by atoms with Gasteiger partial charge in [-0.2, -0.15) is 0 Å². The number of likely N-dealkylation sites (N-methyl/N-ethyl adjacent to an activating group) is 1. The van der Waals surface area contributed by atoms with Crippen LogP contribution in [0.5, 0.6) is 11.5 Å². The third kappa shape index (κ3) is 5.37. The monoisotopic (exact) mass is 454 g/mol. The molecule has 28 heavy (non-hydrogen) atoms. The predicted octanol–water partition coefficient (Wildman–Crippen LogP) is 0.451. The first-order valence-electron chi connectivity index (χ1n) is 7.90. The fourth-order valence-corrected chi connectivity index (χ4v) is 4.07. The number of anilines is 2. The van der Waals surface area contributed by atoms with Crippen LogP contribution >= 0.6 is 0 Å². The summed E-state index contributed by atoms with van der Waals surface area (Å²) in [5.74, 6) is -0.579. The Morgan fingerprint density at radius 2 is 1.82 bits per heavy atom. The molecule has 0 aliphatic heterocycles. The molecule has 150 valence electrons. The maximum atomic E-state index is 12.5. The average molecular weight is 454 g/mol. The summed E-state index contributed by atoms with van der Waals surface area (Å²) < 4.78 is 30.8. The second-order valence-corrected chi connectivity index (χ2v) is 9.26. The van der Waals surface area contributed by atoms with E-state index in [1.54, 1.807) is 0 Å². The molecule has 2 aromatic rings. The van der Waals surface area contributed by atoms with Crippen molar-refractivity contribution >= 4 is 41.7 Å². The van der Waals surface area contributed by atoms with E-state index < -0.39 is 26.7 Å². The Bertz CT molecular complexity index is 916. The van der Waals surface area contributed by atoms with Crippen LogP contribution in [0.15, 0.2) is 42.5 Å². The Hall–Kier alpha value is -2.78. The molecule has 0 aliphatic rings. The Labute approximate surface area is 163 Å². The minimum atomic E-state index is -5.31. The molecule has 10 nitrogen and oxygen atoms in total. The van der Waals surface area contributed by atoms with Crippen molar-refractivity contribution < 1.29 is 36.4 Å². The molecule has 0 aromatic heterocycles. The topological polar surface area (TPSA) is 146 Å². The van der Waals surface area contributed by atoms with Crippen LogP contribution in [-0.2, 0) is 17.2 Å². The predicted molar refractivity (Wildman–Crippen MR) is 99.8 cm³/mol. The van der Waals surface area contributed by atoms with Gasteiger partial charge in [0.25, 0.3) is 0 Å². The van der Waals surface area contributed by atoms with Gasteiger partial charge in [0.15, 0.2) is 0 Å². The van der Waals surface area contributed by atoms with Crippen LogP contribution in [-0.4, -0.2) is 54.1 Å².